The van der Waals surface area contributed by atoms with Crippen LogP contribution in [0, 0.1) is 0 Å². The van der Waals surface area contributed by atoms with Gasteiger partial charge >= 0.3 is 9.28 Å². The van der Waals surface area contributed by atoms with E-state index in [0.717, 1.165) is 6.04 Å². The molecule has 4 heteroatoms. The summed E-state index contributed by atoms with van der Waals surface area (Å²) in [7, 11) is 2.05. The van der Waals surface area contributed by atoms with Crippen molar-refractivity contribution >= 4 is 23.3 Å². The summed E-state index contributed by atoms with van der Waals surface area (Å²) in [6.45, 7) is 6.88. The number of benzene rings is 1. The molecule has 1 aromatic carbocycles. The third kappa shape index (κ3) is 4.39. The zero-order valence-corrected chi connectivity index (χ0v) is 13.4. The van der Waals surface area contributed by atoms with Gasteiger partial charge in [-0.15, -0.1) is 0 Å². The summed E-state index contributed by atoms with van der Waals surface area (Å²) >= 11 is 0. The molecule has 17 heavy (non-hydrogen) atoms. The van der Waals surface area contributed by atoms with Gasteiger partial charge in [-0.25, -0.2) is 0 Å². The van der Waals surface area contributed by atoms with Crippen molar-refractivity contribution in [3.8, 4) is 0 Å². The summed E-state index contributed by atoms with van der Waals surface area (Å²) in [5.74, 6) is 0.502. The Bertz CT molecular complexity index is 321. The highest BCUT2D eigenvalue weighted by Crippen LogP contribution is 2.20. The van der Waals surface area contributed by atoms with Gasteiger partial charge in [-0.2, -0.15) is 0 Å². The maximum absolute atomic E-state index is 5.34. The lowest BCUT2D eigenvalue weighted by atomic mass is 10.0. The minimum Gasteiger partial charge on any atom is -0.397 e. The van der Waals surface area contributed by atoms with Crippen molar-refractivity contribution in [3.63, 3.8) is 0 Å². The van der Waals surface area contributed by atoms with Crippen LogP contribution in [0.5, 0.6) is 0 Å². The van der Waals surface area contributed by atoms with E-state index in [1.54, 1.807) is 14.2 Å². The van der Waals surface area contributed by atoms with Crippen LogP contribution in [0.1, 0.15) is 18.4 Å². The predicted octanol–water partition coefficient (Wildman–Crippen LogP) is 2.53. The summed E-state index contributed by atoms with van der Waals surface area (Å²) in [4.78, 5) is 0. The fraction of sp³-hybridized carbons (Fsp3) is 0.538. The van der Waals surface area contributed by atoms with E-state index in [1.165, 1.54) is 10.8 Å². The Morgan fingerprint density at radius 2 is 1.59 bits per heavy atom. The fourth-order valence-electron chi connectivity index (χ4n) is 1.76. The highest BCUT2D eigenvalue weighted by Gasteiger charge is 2.18. The minimum atomic E-state index is -1.09. The Kier molecular flexibility index (Phi) is 6.12. The Labute approximate surface area is 108 Å². The van der Waals surface area contributed by atoms with Gasteiger partial charge < -0.3 is 8.85 Å². The van der Waals surface area contributed by atoms with E-state index in [2.05, 4.69) is 44.3 Å². The Morgan fingerprint density at radius 1 is 1.06 bits per heavy atom. The van der Waals surface area contributed by atoms with Crippen molar-refractivity contribution in [2.24, 2.45) is 0 Å². The molecule has 2 nitrogen and oxygen atoms in total. The molecule has 0 bridgehead atoms. The first kappa shape index (κ1) is 14.6. The highest BCUT2D eigenvalue weighted by molar-refractivity contribution is 6.70. The summed E-state index contributed by atoms with van der Waals surface area (Å²) in [6, 6.07) is 10.0. The van der Waals surface area contributed by atoms with Gasteiger partial charge in [-0.1, -0.05) is 49.5 Å². The molecular formula is C13H22O2Si2. The van der Waals surface area contributed by atoms with Gasteiger partial charge in [-0.3, -0.25) is 0 Å². The second kappa shape index (κ2) is 7.11. The van der Waals surface area contributed by atoms with Gasteiger partial charge in [0, 0.05) is 14.2 Å². The molecule has 0 saturated carbocycles. The van der Waals surface area contributed by atoms with E-state index >= 15 is 0 Å². The van der Waals surface area contributed by atoms with Crippen LogP contribution in [-0.2, 0) is 8.85 Å². The molecule has 1 aromatic rings. The molecule has 94 valence electrons. The molecule has 0 saturated heterocycles. The van der Waals surface area contributed by atoms with Gasteiger partial charge in [0.15, 0.2) is 0 Å². The maximum atomic E-state index is 5.34. The lowest BCUT2D eigenvalue weighted by molar-refractivity contribution is 0.275. The molecule has 0 heterocycles. The fourth-order valence-corrected chi connectivity index (χ4v) is 3.83. The SMILES string of the molecule is CO[Si](CC(C)c1ccc([Si](C)C)cc1)OC. The van der Waals surface area contributed by atoms with E-state index in [4.69, 9.17) is 8.85 Å². The Balaban J connectivity index is 2.66. The maximum Gasteiger partial charge on any atom is 0.384 e. The van der Waals surface area contributed by atoms with Crippen molar-refractivity contribution in [3.05, 3.63) is 29.8 Å². The van der Waals surface area contributed by atoms with Crippen molar-refractivity contribution in [1.29, 1.82) is 0 Å². The number of hydrogen-bond donors (Lipinski definition) is 0. The van der Waals surface area contributed by atoms with E-state index in [-0.39, 0.29) is 8.80 Å². The topological polar surface area (TPSA) is 18.5 Å². The first-order chi connectivity index (χ1) is 8.08. The van der Waals surface area contributed by atoms with E-state index in [1.807, 2.05) is 0 Å². The van der Waals surface area contributed by atoms with Crippen LogP contribution in [0.3, 0.4) is 0 Å². The first-order valence-corrected chi connectivity index (χ1v) is 9.95. The molecule has 1 atom stereocenters. The summed E-state index contributed by atoms with van der Waals surface area (Å²) < 4.78 is 10.7. The van der Waals surface area contributed by atoms with Crippen molar-refractivity contribution in [1.82, 2.24) is 0 Å². The van der Waals surface area contributed by atoms with Gasteiger partial charge in [0.2, 0.25) is 0 Å². The second-order valence-corrected chi connectivity index (χ2v) is 9.05. The molecule has 2 radical (unpaired) electrons. The standard InChI is InChI=1S/C13H22O2Si2/c1-11(10-17(14-2)15-3)12-6-8-13(9-7-12)16(4)5/h6-9,11H,10H2,1-5H3. The molecule has 1 unspecified atom stereocenters. The average Bonchev–Trinajstić information content (AvgIpc) is 2.35. The second-order valence-electron chi connectivity index (χ2n) is 4.51. The van der Waals surface area contributed by atoms with Crippen LogP contribution in [0.25, 0.3) is 0 Å². The molecular weight excluding hydrogens is 244 g/mol. The lowest BCUT2D eigenvalue weighted by Crippen LogP contribution is -2.23. The third-order valence-corrected chi connectivity index (χ3v) is 6.33. The van der Waals surface area contributed by atoms with Crippen LogP contribution in [0.2, 0.25) is 19.1 Å². The predicted molar refractivity (Wildman–Crippen MR) is 76.6 cm³/mol. The minimum absolute atomic E-state index is 0.329. The van der Waals surface area contributed by atoms with Crippen LogP contribution in [0.4, 0.5) is 0 Å². The van der Waals surface area contributed by atoms with E-state index < -0.39 is 9.28 Å². The molecule has 0 spiro atoms. The lowest BCUT2D eigenvalue weighted by Gasteiger charge is -2.16. The molecule has 0 N–H and O–H groups in total. The largest absolute Gasteiger partial charge is 0.397 e. The zero-order chi connectivity index (χ0) is 12.8. The highest BCUT2D eigenvalue weighted by atomic mass is 28.3. The van der Waals surface area contributed by atoms with Crippen LogP contribution < -0.4 is 5.19 Å². The average molecular weight is 266 g/mol. The Morgan fingerprint density at radius 3 is 2.00 bits per heavy atom. The molecule has 0 aliphatic heterocycles. The van der Waals surface area contributed by atoms with E-state index in [9.17, 15) is 0 Å². The Hall–Kier alpha value is -0.426. The number of rotatable bonds is 6. The summed E-state index contributed by atoms with van der Waals surface area (Å²) in [6.07, 6.45) is 0. The number of hydrogen-bond acceptors (Lipinski definition) is 2. The van der Waals surface area contributed by atoms with Gasteiger partial charge in [0.1, 0.15) is 0 Å². The molecule has 0 aromatic heterocycles. The van der Waals surface area contributed by atoms with E-state index in [0.29, 0.717) is 5.92 Å². The van der Waals surface area contributed by atoms with Crippen molar-refractivity contribution in [2.75, 3.05) is 14.2 Å². The third-order valence-electron chi connectivity index (χ3n) is 2.99. The normalized spacial score (nSPS) is 13.4. The monoisotopic (exact) mass is 266 g/mol. The van der Waals surface area contributed by atoms with Crippen molar-refractivity contribution in [2.45, 2.75) is 32.0 Å². The van der Waals surface area contributed by atoms with Crippen LogP contribution >= 0.6 is 0 Å². The van der Waals surface area contributed by atoms with Gasteiger partial charge in [0.25, 0.3) is 0 Å². The zero-order valence-electron chi connectivity index (χ0n) is 11.4. The molecule has 1 rings (SSSR count). The summed E-state index contributed by atoms with van der Waals surface area (Å²) in [5, 5.41) is 1.50. The molecule has 0 aliphatic rings. The molecule has 0 aliphatic carbocycles. The molecule has 0 fully saturated rings. The van der Waals surface area contributed by atoms with Crippen LogP contribution in [0.15, 0.2) is 24.3 Å². The van der Waals surface area contributed by atoms with Gasteiger partial charge in [0.05, 0.1) is 8.80 Å². The van der Waals surface area contributed by atoms with Crippen molar-refractivity contribution < 1.29 is 8.85 Å². The summed E-state index contributed by atoms with van der Waals surface area (Å²) in [5.41, 5.74) is 1.38. The smallest absolute Gasteiger partial charge is 0.384 e. The van der Waals surface area contributed by atoms with Gasteiger partial charge in [-0.05, 0) is 17.5 Å². The first-order valence-electron chi connectivity index (χ1n) is 5.92. The van der Waals surface area contributed by atoms with Crippen LogP contribution in [-0.4, -0.2) is 32.3 Å². The quantitative estimate of drug-likeness (QED) is 0.737. The molecule has 0 amide bonds.